The molecule has 3 rings (SSSR count). The molecule has 1 atom stereocenters. The maximum absolute atomic E-state index is 10.9. The molecule has 1 unspecified atom stereocenters. The van der Waals surface area contributed by atoms with Crippen LogP contribution in [-0.2, 0) is 10.3 Å². The van der Waals surface area contributed by atoms with Gasteiger partial charge in [-0.25, -0.2) is 4.98 Å². The quantitative estimate of drug-likeness (QED) is 0.887. The van der Waals surface area contributed by atoms with Gasteiger partial charge < -0.3 is 14.8 Å². The number of fused-ring (bicyclic) bond motifs is 1. The van der Waals surface area contributed by atoms with Crippen LogP contribution in [0.2, 0.25) is 0 Å². The molecule has 1 heterocycles. The fourth-order valence-corrected chi connectivity index (χ4v) is 2.32. The van der Waals surface area contributed by atoms with Crippen molar-refractivity contribution in [2.24, 2.45) is 0 Å². The van der Waals surface area contributed by atoms with E-state index in [0.717, 1.165) is 11.0 Å². The van der Waals surface area contributed by atoms with E-state index in [2.05, 4.69) is 9.97 Å². The highest BCUT2D eigenvalue weighted by Gasteiger charge is 2.38. The van der Waals surface area contributed by atoms with Gasteiger partial charge in [0.15, 0.2) is 5.60 Å². The van der Waals surface area contributed by atoms with Crippen molar-refractivity contribution in [3.63, 3.8) is 0 Å². The van der Waals surface area contributed by atoms with Crippen molar-refractivity contribution >= 4 is 11.0 Å². The van der Waals surface area contributed by atoms with Crippen molar-refractivity contribution in [1.29, 1.82) is 0 Å². The summed E-state index contributed by atoms with van der Waals surface area (Å²) in [6.07, 6.45) is 6.05. The lowest BCUT2D eigenvalue weighted by atomic mass is 9.92. The number of ether oxygens (including phenoxy) is 1. The van der Waals surface area contributed by atoms with E-state index in [1.807, 2.05) is 43.3 Å². The van der Waals surface area contributed by atoms with E-state index in [1.54, 1.807) is 6.08 Å². The molecule has 1 aromatic heterocycles. The van der Waals surface area contributed by atoms with Gasteiger partial charge in [-0.1, -0.05) is 24.3 Å². The van der Waals surface area contributed by atoms with E-state index >= 15 is 0 Å². The Hall–Kier alpha value is -2.07. The van der Waals surface area contributed by atoms with Crippen molar-refractivity contribution < 1.29 is 9.84 Å². The largest absolute Gasteiger partial charge is 0.495 e. The van der Waals surface area contributed by atoms with Crippen molar-refractivity contribution in [3.8, 4) is 0 Å². The summed E-state index contributed by atoms with van der Waals surface area (Å²) < 4.78 is 5.55. The monoisotopic (exact) mass is 256 g/mol. The SMILES string of the molecule is CCOC1=CC=CCC1(O)c1nc2ccccc2[nH]1. The normalized spacial score (nSPS) is 22.5. The fraction of sp³-hybridized carbons (Fsp3) is 0.267. The van der Waals surface area contributed by atoms with E-state index in [4.69, 9.17) is 4.74 Å². The molecule has 2 N–H and O–H groups in total. The molecule has 0 saturated heterocycles. The summed E-state index contributed by atoms with van der Waals surface area (Å²) in [6.45, 7) is 2.42. The average Bonchev–Trinajstić information content (AvgIpc) is 2.86. The van der Waals surface area contributed by atoms with Crippen LogP contribution in [-0.4, -0.2) is 21.7 Å². The number of aromatic nitrogens is 2. The van der Waals surface area contributed by atoms with Gasteiger partial charge in [0.1, 0.15) is 11.6 Å². The lowest BCUT2D eigenvalue weighted by Crippen LogP contribution is -2.32. The van der Waals surface area contributed by atoms with Crippen molar-refractivity contribution in [2.45, 2.75) is 18.9 Å². The molecule has 0 saturated carbocycles. The molecule has 98 valence electrons. The third-order valence-corrected chi connectivity index (χ3v) is 3.29. The molecule has 0 bridgehead atoms. The van der Waals surface area contributed by atoms with Gasteiger partial charge in [-0.3, -0.25) is 0 Å². The van der Waals surface area contributed by atoms with Crippen molar-refractivity contribution in [3.05, 3.63) is 54.1 Å². The maximum Gasteiger partial charge on any atom is 0.182 e. The highest BCUT2D eigenvalue weighted by molar-refractivity contribution is 5.75. The van der Waals surface area contributed by atoms with Gasteiger partial charge in [-0.05, 0) is 25.1 Å². The van der Waals surface area contributed by atoms with Gasteiger partial charge >= 0.3 is 0 Å². The van der Waals surface area contributed by atoms with Gasteiger partial charge in [0, 0.05) is 6.42 Å². The molecular formula is C15H16N2O2. The average molecular weight is 256 g/mol. The number of nitrogens with zero attached hydrogens (tertiary/aromatic N) is 1. The summed E-state index contributed by atoms with van der Waals surface area (Å²) in [4.78, 5) is 7.66. The Bertz CT molecular complexity index is 624. The Labute approximate surface area is 111 Å². The van der Waals surface area contributed by atoms with Gasteiger partial charge in [0.25, 0.3) is 0 Å². The molecule has 0 amide bonds. The number of H-pyrrole nitrogens is 1. The smallest absolute Gasteiger partial charge is 0.182 e. The molecule has 1 aliphatic rings. The molecule has 1 aromatic carbocycles. The van der Waals surface area contributed by atoms with E-state index in [9.17, 15) is 5.11 Å². The molecular weight excluding hydrogens is 240 g/mol. The van der Waals surface area contributed by atoms with Crippen molar-refractivity contribution in [1.82, 2.24) is 9.97 Å². The van der Waals surface area contributed by atoms with E-state index in [-0.39, 0.29) is 0 Å². The van der Waals surface area contributed by atoms with Crippen LogP contribution in [0.5, 0.6) is 0 Å². The number of hydrogen-bond acceptors (Lipinski definition) is 3. The Morgan fingerprint density at radius 3 is 3.05 bits per heavy atom. The number of nitrogens with one attached hydrogen (secondary N) is 1. The Morgan fingerprint density at radius 1 is 1.42 bits per heavy atom. The molecule has 4 heteroatoms. The molecule has 19 heavy (non-hydrogen) atoms. The number of benzene rings is 1. The number of hydrogen-bond donors (Lipinski definition) is 2. The van der Waals surface area contributed by atoms with E-state index in [0.29, 0.717) is 24.6 Å². The van der Waals surface area contributed by atoms with Gasteiger partial charge in [-0.15, -0.1) is 0 Å². The summed E-state index contributed by atoms with van der Waals surface area (Å²) in [5.74, 6) is 1.06. The van der Waals surface area contributed by atoms with Crippen LogP contribution in [0.25, 0.3) is 11.0 Å². The predicted molar refractivity (Wildman–Crippen MR) is 73.5 cm³/mol. The molecule has 2 aromatic rings. The molecule has 0 aliphatic heterocycles. The highest BCUT2D eigenvalue weighted by Crippen LogP contribution is 2.35. The zero-order valence-corrected chi connectivity index (χ0v) is 10.8. The Balaban J connectivity index is 2.08. The predicted octanol–water partition coefficient (Wildman–Crippen LogP) is 2.63. The Kier molecular flexibility index (Phi) is 2.87. The van der Waals surface area contributed by atoms with Crippen LogP contribution in [0.3, 0.4) is 0 Å². The first-order valence-electron chi connectivity index (χ1n) is 6.42. The second-order valence-electron chi connectivity index (χ2n) is 4.56. The number of imidazole rings is 1. The van der Waals surface area contributed by atoms with Crippen LogP contribution in [0.1, 0.15) is 19.2 Å². The van der Waals surface area contributed by atoms with Crippen LogP contribution >= 0.6 is 0 Å². The lowest BCUT2D eigenvalue weighted by Gasteiger charge is -2.29. The summed E-state index contributed by atoms with van der Waals surface area (Å²) in [5.41, 5.74) is 0.553. The topological polar surface area (TPSA) is 58.1 Å². The van der Waals surface area contributed by atoms with Crippen LogP contribution in [0, 0.1) is 0 Å². The highest BCUT2D eigenvalue weighted by atomic mass is 16.5. The number of aliphatic hydroxyl groups is 1. The first-order valence-corrected chi connectivity index (χ1v) is 6.42. The lowest BCUT2D eigenvalue weighted by molar-refractivity contribution is 0.00342. The van der Waals surface area contributed by atoms with E-state index < -0.39 is 5.60 Å². The minimum atomic E-state index is -1.20. The zero-order valence-electron chi connectivity index (χ0n) is 10.8. The number of allylic oxidation sites excluding steroid dienone is 2. The van der Waals surface area contributed by atoms with Gasteiger partial charge in [-0.2, -0.15) is 0 Å². The van der Waals surface area contributed by atoms with E-state index in [1.165, 1.54) is 0 Å². The maximum atomic E-state index is 10.9. The minimum absolute atomic E-state index is 0.457. The number of aromatic amines is 1. The van der Waals surface area contributed by atoms with Crippen LogP contribution < -0.4 is 0 Å². The molecule has 4 nitrogen and oxygen atoms in total. The van der Waals surface area contributed by atoms with Gasteiger partial charge in [0.05, 0.1) is 17.6 Å². The van der Waals surface area contributed by atoms with Crippen LogP contribution in [0.15, 0.2) is 48.3 Å². The summed E-state index contributed by atoms with van der Waals surface area (Å²) in [6, 6.07) is 7.73. The molecule has 0 fully saturated rings. The summed E-state index contributed by atoms with van der Waals surface area (Å²) >= 11 is 0. The van der Waals surface area contributed by atoms with Gasteiger partial charge in [0.2, 0.25) is 0 Å². The minimum Gasteiger partial charge on any atom is -0.495 e. The van der Waals surface area contributed by atoms with Crippen molar-refractivity contribution in [2.75, 3.05) is 6.61 Å². The number of rotatable bonds is 3. The standard InChI is InChI=1S/C15H16N2O2/c1-2-19-13-9-5-6-10-15(13,18)14-16-11-7-3-4-8-12(11)17-14/h3-9,18H,2,10H2,1H3,(H,16,17). The fourth-order valence-electron chi connectivity index (χ4n) is 2.32. The molecule has 0 radical (unpaired) electrons. The molecule has 1 aliphatic carbocycles. The second-order valence-corrected chi connectivity index (χ2v) is 4.56. The van der Waals surface area contributed by atoms with Crippen LogP contribution in [0.4, 0.5) is 0 Å². The first kappa shape index (κ1) is 12.0. The third-order valence-electron chi connectivity index (χ3n) is 3.29. The first-order chi connectivity index (χ1) is 9.24. The number of para-hydroxylation sites is 2. The second kappa shape index (κ2) is 4.55. The Morgan fingerprint density at radius 2 is 2.26 bits per heavy atom. The zero-order chi connectivity index (χ0) is 13.3. The summed E-state index contributed by atoms with van der Waals surface area (Å²) in [5, 5.41) is 10.9. The third kappa shape index (κ3) is 1.94. The summed E-state index contributed by atoms with van der Waals surface area (Å²) in [7, 11) is 0. The molecule has 0 spiro atoms.